The van der Waals surface area contributed by atoms with Gasteiger partial charge in [0.1, 0.15) is 17.3 Å². The first-order valence-corrected chi connectivity index (χ1v) is 6.28. The highest BCUT2D eigenvalue weighted by Gasteiger charge is 2.11. The summed E-state index contributed by atoms with van der Waals surface area (Å²) < 4.78 is 0. The summed E-state index contributed by atoms with van der Waals surface area (Å²) in [6, 6.07) is 10.8. The average molecular weight is 215 g/mol. The smallest absolute Gasteiger partial charge is 0.133 e. The highest BCUT2D eigenvalue weighted by molar-refractivity contribution is 7.96. The van der Waals surface area contributed by atoms with Crippen LogP contribution in [0.2, 0.25) is 0 Å². The summed E-state index contributed by atoms with van der Waals surface area (Å²) in [7, 11) is 0.611. The van der Waals surface area contributed by atoms with Crippen LogP contribution in [0.1, 0.15) is 19.4 Å². The molecule has 0 amide bonds. The molecule has 1 rings (SSSR count). The molecular formula is C11H19S2+. The molecule has 0 aliphatic heterocycles. The molecule has 0 fully saturated rings. The molecule has 1 aromatic rings. The van der Waals surface area contributed by atoms with Crippen LogP contribution in [0.15, 0.2) is 30.3 Å². The van der Waals surface area contributed by atoms with Crippen LogP contribution in [0.3, 0.4) is 0 Å². The highest BCUT2D eigenvalue weighted by atomic mass is 32.2. The maximum absolute atomic E-state index is 2.29. The van der Waals surface area contributed by atoms with Gasteiger partial charge in [0, 0.05) is 5.56 Å². The van der Waals surface area contributed by atoms with Crippen LogP contribution < -0.4 is 0 Å². The van der Waals surface area contributed by atoms with E-state index < -0.39 is 0 Å². The first-order chi connectivity index (χ1) is 5.86. The largest absolute Gasteiger partial charge is 0.197 e. The van der Waals surface area contributed by atoms with Gasteiger partial charge < -0.3 is 0 Å². The van der Waals surface area contributed by atoms with Crippen molar-refractivity contribution < 1.29 is 0 Å². The predicted octanol–water partition coefficient (Wildman–Crippen LogP) is 2.96. The van der Waals surface area contributed by atoms with E-state index in [0.29, 0.717) is 10.9 Å². The second kappa shape index (κ2) is 7.34. The molecule has 0 unspecified atom stereocenters. The van der Waals surface area contributed by atoms with E-state index in [0.717, 1.165) is 0 Å². The SMILES string of the molecule is CC[S+](CC)Cc1ccccc1.S. The Morgan fingerprint density at radius 3 is 2.00 bits per heavy atom. The molecule has 0 aliphatic carbocycles. The van der Waals surface area contributed by atoms with E-state index in [2.05, 4.69) is 44.2 Å². The zero-order valence-corrected chi connectivity index (χ0v) is 10.2. The Balaban J connectivity index is 0.00000144. The molecule has 0 heterocycles. The quantitative estimate of drug-likeness (QED) is 0.678. The van der Waals surface area contributed by atoms with Gasteiger partial charge in [-0.1, -0.05) is 30.3 Å². The Hall–Kier alpha value is -0.0800. The van der Waals surface area contributed by atoms with Crippen molar-refractivity contribution >= 4 is 24.4 Å². The lowest BCUT2D eigenvalue weighted by molar-refractivity contribution is 1.33. The molecule has 0 radical (unpaired) electrons. The Bertz CT molecular complexity index is 205. The second-order valence-electron chi connectivity index (χ2n) is 2.82. The van der Waals surface area contributed by atoms with Gasteiger partial charge in [0.15, 0.2) is 0 Å². The molecule has 74 valence electrons. The van der Waals surface area contributed by atoms with Crippen LogP contribution in [0.5, 0.6) is 0 Å². The predicted molar refractivity (Wildman–Crippen MR) is 69.0 cm³/mol. The molecule has 0 bridgehead atoms. The maximum Gasteiger partial charge on any atom is 0.133 e. The molecule has 0 N–H and O–H groups in total. The average Bonchev–Trinajstić information content (AvgIpc) is 2.16. The van der Waals surface area contributed by atoms with Gasteiger partial charge in [-0.15, -0.1) is 0 Å². The van der Waals surface area contributed by atoms with E-state index in [1.807, 2.05) is 0 Å². The van der Waals surface area contributed by atoms with Crippen molar-refractivity contribution in [1.29, 1.82) is 0 Å². The summed E-state index contributed by atoms with van der Waals surface area (Å²) in [6.07, 6.45) is 0. The summed E-state index contributed by atoms with van der Waals surface area (Å²) in [6.45, 7) is 4.57. The van der Waals surface area contributed by atoms with Crippen LogP contribution in [0.25, 0.3) is 0 Å². The number of benzene rings is 1. The van der Waals surface area contributed by atoms with E-state index in [-0.39, 0.29) is 13.5 Å². The number of rotatable bonds is 4. The van der Waals surface area contributed by atoms with Gasteiger partial charge in [-0.3, -0.25) is 0 Å². The minimum atomic E-state index is 0. The van der Waals surface area contributed by atoms with E-state index >= 15 is 0 Å². The third kappa shape index (κ3) is 4.63. The van der Waals surface area contributed by atoms with Crippen molar-refractivity contribution in [2.75, 3.05) is 11.5 Å². The first-order valence-electron chi connectivity index (χ1n) is 4.54. The molecule has 0 nitrogen and oxygen atoms in total. The van der Waals surface area contributed by atoms with E-state index in [1.54, 1.807) is 0 Å². The third-order valence-corrected chi connectivity index (χ3v) is 4.40. The zero-order valence-electron chi connectivity index (χ0n) is 8.42. The van der Waals surface area contributed by atoms with Gasteiger partial charge >= 0.3 is 0 Å². The van der Waals surface area contributed by atoms with Gasteiger partial charge in [-0.25, -0.2) is 0 Å². The van der Waals surface area contributed by atoms with Gasteiger partial charge in [0.25, 0.3) is 0 Å². The number of hydrogen-bond acceptors (Lipinski definition) is 0. The van der Waals surface area contributed by atoms with Gasteiger partial charge in [-0.05, 0) is 24.7 Å². The summed E-state index contributed by atoms with van der Waals surface area (Å²) in [5.41, 5.74) is 1.49. The fourth-order valence-corrected chi connectivity index (χ4v) is 2.70. The lowest BCUT2D eigenvalue weighted by Gasteiger charge is -2.03. The Kier molecular flexibility index (Phi) is 7.29. The molecule has 0 saturated heterocycles. The molecule has 0 aliphatic rings. The molecule has 2 heteroatoms. The molecule has 1 aromatic carbocycles. The van der Waals surface area contributed by atoms with Crippen LogP contribution >= 0.6 is 13.5 Å². The summed E-state index contributed by atoms with van der Waals surface area (Å²) in [5.74, 6) is 3.92. The second-order valence-corrected chi connectivity index (χ2v) is 5.49. The molecule has 0 spiro atoms. The van der Waals surface area contributed by atoms with E-state index in [9.17, 15) is 0 Å². The van der Waals surface area contributed by atoms with E-state index in [4.69, 9.17) is 0 Å². The third-order valence-electron chi connectivity index (χ3n) is 2.03. The topological polar surface area (TPSA) is 0 Å². The fraction of sp³-hybridized carbons (Fsp3) is 0.455. The van der Waals surface area contributed by atoms with Crippen LogP contribution in [0, 0.1) is 0 Å². The standard InChI is InChI=1S/C11H17S.H2S/c1-3-12(4-2)10-11-8-6-5-7-9-11;/h5-9H,3-4,10H2,1-2H3;1H2/q+1;. The van der Waals surface area contributed by atoms with Crippen molar-refractivity contribution in [2.45, 2.75) is 19.6 Å². The summed E-state index contributed by atoms with van der Waals surface area (Å²) in [5, 5.41) is 0. The maximum atomic E-state index is 2.29. The Morgan fingerprint density at radius 2 is 1.54 bits per heavy atom. The minimum absolute atomic E-state index is 0. The first kappa shape index (κ1) is 12.9. The monoisotopic (exact) mass is 215 g/mol. The van der Waals surface area contributed by atoms with Crippen molar-refractivity contribution in [3.63, 3.8) is 0 Å². The molecule has 0 atom stereocenters. The van der Waals surface area contributed by atoms with Gasteiger partial charge in [0.2, 0.25) is 0 Å². The molecular weight excluding hydrogens is 196 g/mol. The summed E-state index contributed by atoms with van der Waals surface area (Å²) in [4.78, 5) is 0. The Morgan fingerprint density at radius 1 is 1.00 bits per heavy atom. The highest BCUT2D eigenvalue weighted by Crippen LogP contribution is 2.08. The number of hydrogen-bond donors (Lipinski definition) is 0. The van der Waals surface area contributed by atoms with E-state index in [1.165, 1.54) is 22.8 Å². The van der Waals surface area contributed by atoms with Gasteiger partial charge in [0.05, 0.1) is 0 Å². The molecule has 0 saturated carbocycles. The fourth-order valence-electron chi connectivity index (χ4n) is 1.22. The van der Waals surface area contributed by atoms with Crippen molar-refractivity contribution in [3.8, 4) is 0 Å². The van der Waals surface area contributed by atoms with Crippen molar-refractivity contribution in [3.05, 3.63) is 35.9 Å². The normalized spacial score (nSPS) is 9.77. The van der Waals surface area contributed by atoms with Crippen molar-refractivity contribution in [2.24, 2.45) is 0 Å². The van der Waals surface area contributed by atoms with Crippen LogP contribution in [-0.4, -0.2) is 11.5 Å². The Labute approximate surface area is 91.5 Å². The summed E-state index contributed by atoms with van der Waals surface area (Å²) >= 11 is 0. The molecule has 0 aromatic heterocycles. The van der Waals surface area contributed by atoms with Crippen LogP contribution in [0.4, 0.5) is 0 Å². The lowest BCUT2D eigenvalue weighted by Crippen LogP contribution is -2.10. The van der Waals surface area contributed by atoms with Crippen LogP contribution in [-0.2, 0) is 16.6 Å². The van der Waals surface area contributed by atoms with Crippen molar-refractivity contribution in [1.82, 2.24) is 0 Å². The molecule has 13 heavy (non-hydrogen) atoms. The lowest BCUT2D eigenvalue weighted by atomic mass is 10.2. The van der Waals surface area contributed by atoms with Gasteiger partial charge in [-0.2, -0.15) is 13.5 Å². The zero-order chi connectivity index (χ0) is 8.81. The minimum Gasteiger partial charge on any atom is -0.197 e.